The summed E-state index contributed by atoms with van der Waals surface area (Å²) in [6, 6.07) is 21.9. The monoisotopic (exact) mass is 622 g/mol. The van der Waals surface area contributed by atoms with E-state index in [1.165, 1.54) is 11.3 Å². The molecule has 198 valence electrons. The standard InChI is InChI=1S/C30H24BrClN2O4S/c1-3-37-29(36)26-18(2)33-30-34(27(26)19-12-14-22(31)15-13-19)28(35)25(39-30)16-20-8-5-7-11-24(20)38-17-21-9-4-6-10-23(21)32/h4-16,27H,3,17H2,1-2H3/b25-16-/t27-/m1/s1. The zero-order valence-electron chi connectivity index (χ0n) is 21.2. The van der Waals surface area contributed by atoms with E-state index in [2.05, 4.69) is 20.9 Å². The van der Waals surface area contributed by atoms with Crippen molar-refractivity contribution < 1.29 is 14.3 Å². The summed E-state index contributed by atoms with van der Waals surface area (Å²) < 4.78 is 14.4. The average molecular weight is 624 g/mol. The first-order valence-electron chi connectivity index (χ1n) is 12.3. The molecule has 0 radical (unpaired) electrons. The van der Waals surface area contributed by atoms with Gasteiger partial charge in [0.25, 0.3) is 5.56 Å². The smallest absolute Gasteiger partial charge is 0.338 e. The normalized spacial score (nSPS) is 15.1. The van der Waals surface area contributed by atoms with Crippen LogP contribution >= 0.6 is 38.9 Å². The van der Waals surface area contributed by atoms with Gasteiger partial charge < -0.3 is 9.47 Å². The Labute approximate surface area is 242 Å². The molecule has 0 saturated carbocycles. The van der Waals surface area contributed by atoms with Crippen LogP contribution in [-0.4, -0.2) is 17.1 Å². The minimum absolute atomic E-state index is 0.220. The van der Waals surface area contributed by atoms with Crippen molar-refractivity contribution >= 4 is 50.9 Å². The molecule has 0 amide bonds. The Morgan fingerprint density at radius 1 is 1.10 bits per heavy atom. The fraction of sp³-hybridized carbons (Fsp3) is 0.167. The number of fused-ring (bicyclic) bond motifs is 1. The van der Waals surface area contributed by atoms with E-state index in [9.17, 15) is 9.59 Å². The van der Waals surface area contributed by atoms with Gasteiger partial charge in [-0.1, -0.05) is 87.4 Å². The van der Waals surface area contributed by atoms with Gasteiger partial charge in [-0.15, -0.1) is 0 Å². The van der Waals surface area contributed by atoms with Gasteiger partial charge in [-0.3, -0.25) is 9.36 Å². The minimum atomic E-state index is -0.665. The van der Waals surface area contributed by atoms with Crippen LogP contribution in [-0.2, 0) is 16.1 Å². The molecule has 1 aromatic heterocycles. The SMILES string of the molecule is CCOC(=O)C1=C(C)N=c2s/c(=C\c3ccccc3OCc3ccccc3Cl)c(=O)n2[C@@H]1c1ccc(Br)cc1. The van der Waals surface area contributed by atoms with E-state index in [4.69, 9.17) is 21.1 Å². The number of halogens is 2. The highest BCUT2D eigenvalue weighted by molar-refractivity contribution is 9.10. The van der Waals surface area contributed by atoms with Crippen molar-refractivity contribution in [2.24, 2.45) is 4.99 Å². The van der Waals surface area contributed by atoms with Crippen molar-refractivity contribution in [3.63, 3.8) is 0 Å². The lowest BCUT2D eigenvalue weighted by molar-refractivity contribution is -0.139. The summed E-state index contributed by atoms with van der Waals surface area (Å²) in [5.41, 5.74) is 3.02. The topological polar surface area (TPSA) is 69.9 Å². The molecule has 0 bridgehead atoms. The Balaban J connectivity index is 1.60. The van der Waals surface area contributed by atoms with Crippen LogP contribution in [0.3, 0.4) is 0 Å². The van der Waals surface area contributed by atoms with Crippen LogP contribution in [0.1, 0.15) is 36.6 Å². The third kappa shape index (κ3) is 5.64. The zero-order valence-corrected chi connectivity index (χ0v) is 24.3. The first kappa shape index (κ1) is 27.1. The molecule has 2 heterocycles. The number of para-hydroxylation sites is 1. The van der Waals surface area contributed by atoms with Crippen molar-refractivity contribution in [1.82, 2.24) is 4.57 Å². The Hall–Kier alpha value is -3.46. The summed E-state index contributed by atoms with van der Waals surface area (Å²) in [7, 11) is 0. The maximum Gasteiger partial charge on any atom is 0.338 e. The van der Waals surface area contributed by atoms with E-state index in [1.807, 2.05) is 72.8 Å². The van der Waals surface area contributed by atoms with Crippen molar-refractivity contribution in [1.29, 1.82) is 0 Å². The van der Waals surface area contributed by atoms with Crippen LogP contribution in [0, 0.1) is 0 Å². The fourth-order valence-electron chi connectivity index (χ4n) is 4.40. The number of rotatable bonds is 7. The quantitative estimate of drug-likeness (QED) is 0.244. The van der Waals surface area contributed by atoms with Gasteiger partial charge in [0.2, 0.25) is 0 Å². The molecule has 39 heavy (non-hydrogen) atoms. The van der Waals surface area contributed by atoms with Crippen LogP contribution in [0.2, 0.25) is 5.02 Å². The fourth-order valence-corrected chi connectivity index (χ4v) is 5.89. The maximum atomic E-state index is 13.9. The lowest BCUT2D eigenvalue weighted by Gasteiger charge is -2.24. The molecule has 0 fully saturated rings. The average Bonchev–Trinajstić information content (AvgIpc) is 3.23. The summed E-state index contributed by atoms with van der Waals surface area (Å²) in [5.74, 6) is 0.135. The van der Waals surface area contributed by atoms with E-state index in [-0.39, 0.29) is 18.8 Å². The molecular weight excluding hydrogens is 600 g/mol. The predicted molar refractivity (Wildman–Crippen MR) is 157 cm³/mol. The van der Waals surface area contributed by atoms with Crippen molar-refractivity contribution in [2.75, 3.05) is 6.61 Å². The first-order chi connectivity index (χ1) is 18.9. The van der Waals surface area contributed by atoms with Crippen molar-refractivity contribution in [3.05, 3.63) is 130 Å². The molecular formula is C30H24BrClN2O4S. The highest BCUT2D eigenvalue weighted by Crippen LogP contribution is 2.31. The molecule has 1 aliphatic rings. The van der Waals surface area contributed by atoms with E-state index in [1.54, 1.807) is 24.5 Å². The van der Waals surface area contributed by atoms with Crippen LogP contribution in [0.15, 0.2) is 98.3 Å². The molecule has 5 rings (SSSR count). The molecule has 0 N–H and O–H groups in total. The highest BCUT2D eigenvalue weighted by Gasteiger charge is 2.33. The van der Waals surface area contributed by atoms with Gasteiger partial charge in [-0.05, 0) is 49.8 Å². The number of carbonyl (C=O) groups is 1. The summed E-state index contributed by atoms with van der Waals surface area (Å²) >= 11 is 11.0. The molecule has 1 aliphatic heterocycles. The molecule has 0 spiro atoms. The Morgan fingerprint density at radius 3 is 2.56 bits per heavy atom. The molecule has 9 heteroatoms. The van der Waals surface area contributed by atoms with Crippen LogP contribution in [0.5, 0.6) is 5.75 Å². The summed E-state index contributed by atoms with van der Waals surface area (Å²) in [6.07, 6.45) is 1.80. The lowest BCUT2D eigenvalue weighted by atomic mass is 9.96. The molecule has 6 nitrogen and oxygen atoms in total. The van der Waals surface area contributed by atoms with E-state index in [0.29, 0.717) is 31.4 Å². The Morgan fingerprint density at radius 2 is 1.82 bits per heavy atom. The van der Waals surface area contributed by atoms with Gasteiger partial charge in [0.1, 0.15) is 12.4 Å². The van der Waals surface area contributed by atoms with Gasteiger partial charge in [0.15, 0.2) is 4.80 Å². The van der Waals surface area contributed by atoms with Crippen LogP contribution < -0.4 is 19.6 Å². The number of allylic oxidation sites excluding steroid dienone is 1. The Bertz CT molecular complexity index is 1760. The summed E-state index contributed by atoms with van der Waals surface area (Å²) in [6.45, 7) is 4.03. The van der Waals surface area contributed by atoms with Gasteiger partial charge in [-0.25, -0.2) is 9.79 Å². The van der Waals surface area contributed by atoms with Crippen LogP contribution in [0.4, 0.5) is 0 Å². The van der Waals surface area contributed by atoms with Crippen molar-refractivity contribution in [2.45, 2.75) is 26.5 Å². The van der Waals surface area contributed by atoms with Gasteiger partial charge >= 0.3 is 5.97 Å². The Kier molecular flexibility index (Phi) is 8.16. The number of hydrogen-bond acceptors (Lipinski definition) is 6. The maximum absolute atomic E-state index is 13.9. The first-order valence-corrected chi connectivity index (χ1v) is 14.3. The molecule has 1 atom stereocenters. The molecule has 0 unspecified atom stereocenters. The number of nitrogens with zero attached hydrogens (tertiary/aromatic N) is 2. The highest BCUT2D eigenvalue weighted by atomic mass is 79.9. The third-order valence-electron chi connectivity index (χ3n) is 6.25. The van der Waals surface area contributed by atoms with Crippen LogP contribution in [0.25, 0.3) is 6.08 Å². The molecule has 4 aromatic rings. The second-order valence-corrected chi connectivity index (χ2v) is 11.1. The zero-order chi connectivity index (χ0) is 27.5. The summed E-state index contributed by atoms with van der Waals surface area (Å²) in [4.78, 5) is 32.1. The summed E-state index contributed by atoms with van der Waals surface area (Å²) in [5, 5.41) is 0.629. The minimum Gasteiger partial charge on any atom is -0.488 e. The number of aromatic nitrogens is 1. The predicted octanol–water partition coefficient (Wildman–Crippen LogP) is 5.79. The number of carbonyl (C=O) groups excluding carboxylic acids is 1. The second-order valence-electron chi connectivity index (χ2n) is 8.77. The number of ether oxygens (including phenoxy) is 2. The van der Waals surface area contributed by atoms with Gasteiger partial charge in [0, 0.05) is 20.6 Å². The van der Waals surface area contributed by atoms with Gasteiger partial charge in [0.05, 0.1) is 28.5 Å². The number of thiazole rings is 1. The largest absolute Gasteiger partial charge is 0.488 e. The number of benzene rings is 3. The van der Waals surface area contributed by atoms with E-state index in [0.717, 1.165) is 21.2 Å². The molecule has 0 aliphatic carbocycles. The van der Waals surface area contributed by atoms with Gasteiger partial charge in [-0.2, -0.15) is 0 Å². The second kappa shape index (κ2) is 11.7. The lowest BCUT2D eigenvalue weighted by Crippen LogP contribution is -2.39. The third-order valence-corrected chi connectivity index (χ3v) is 8.13. The molecule has 3 aromatic carbocycles. The van der Waals surface area contributed by atoms with E-state index < -0.39 is 12.0 Å². The van der Waals surface area contributed by atoms with Crippen molar-refractivity contribution in [3.8, 4) is 5.75 Å². The number of esters is 1. The van der Waals surface area contributed by atoms with E-state index >= 15 is 0 Å². The number of hydrogen-bond donors (Lipinski definition) is 0. The molecule has 0 saturated heterocycles.